The predicted octanol–water partition coefficient (Wildman–Crippen LogP) is 6.35. The van der Waals surface area contributed by atoms with Gasteiger partial charge in [0.25, 0.3) is 0 Å². The molecule has 4 aromatic rings. The Bertz CT molecular complexity index is 1090. The maximum absolute atomic E-state index is 13.0. The average Bonchev–Trinajstić information content (AvgIpc) is 3.23. The van der Waals surface area contributed by atoms with E-state index in [1.165, 1.54) is 35.2 Å². The van der Waals surface area contributed by atoms with E-state index in [0.29, 0.717) is 0 Å². The number of carbonyl (C=O) groups excluding carboxylic acids is 1. The van der Waals surface area contributed by atoms with Crippen LogP contribution in [0.15, 0.2) is 88.6 Å². The molecule has 0 aliphatic rings. The summed E-state index contributed by atoms with van der Waals surface area (Å²) in [5.74, 6) is -0.0791. The lowest BCUT2D eigenvalue weighted by Gasteiger charge is -2.06. The minimum Gasteiger partial charge on any atom is -0.325 e. The molecule has 1 amide bonds. The number of hydrogen-bond acceptors (Lipinski definition) is 4. The van der Waals surface area contributed by atoms with Gasteiger partial charge in [0.2, 0.25) is 5.91 Å². The van der Waals surface area contributed by atoms with Gasteiger partial charge in [0.05, 0.1) is 11.4 Å². The fourth-order valence-electron chi connectivity index (χ4n) is 2.78. The number of carbonyl (C=O) groups is 1. The van der Waals surface area contributed by atoms with Crippen molar-refractivity contribution in [1.82, 2.24) is 4.98 Å². The lowest BCUT2D eigenvalue weighted by Crippen LogP contribution is -2.13. The largest absolute Gasteiger partial charge is 0.325 e. The summed E-state index contributed by atoms with van der Waals surface area (Å²) in [6, 6.07) is 24.1. The monoisotopic (exact) mass is 420 g/mol. The van der Waals surface area contributed by atoms with Crippen LogP contribution >= 0.6 is 23.1 Å². The van der Waals surface area contributed by atoms with Crippen molar-refractivity contribution in [3.05, 3.63) is 90.1 Å². The highest BCUT2D eigenvalue weighted by molar-refractivity contribution is 8.01. The van der Waals surface area contributed by atoms with Crippen molar-refractivity contribution in [2.75, 3.05) is 11.1 Å². The Morgan fingerprint density at radius 3 is 2.28 bits per heavy atom. The van der Waals surface area contributed by atoms with Gasteiger partial charge in [0.1, 0.15) is 5.82 Å². The number of anilines is 1. The van der Waals surface area contributed by atoms with E-state index in [-0.39, 0.29) is 17.5 Å². The first-order valence-electron chi connectivity index (χ1n) is 8.97. The third kappa shape index (κ3) is 5.10. The summed E-state index contributed by atoms with van der Waals surface area (Å²) in [5.41, 5.74) is 4.66. The van der Waals surface area contributed by atoms with Gasteiger partial charge in [-0.1, -0.05) is 54.2 Å². The molecule has 6 heteroatoms. The van der Waals surface area contributed by atoms with Gasteiger partial charge in [-0.05, 0) is 47.5 Å². The zero-order chi connectivity index (χ0) is 20.1. The number of rotatable bonds is 6. The normalized spacial score (nSPS) is 10.7. The minimum absolute atomic E-state index is 0.0824. The molecule has 0 atom stereocenters. The second-order valence-corrected chi connectivity index (χ2v) is 8.37. The molecule has 1 N–H and O–H groups in total. The second kappa shape index (κ2) is 9.03. The number of nitrogens with one attached hydrogen (secondary N) is 1. The third-order valence-corrected chi connectivity index (χ3v) is 6.25. The van der Waals surface area contributed by atoms with Crippen LogP contribution in [0.1, 0.15) is 0 Å². The summed E-state index contributed by atoms with van der Waals surface area (Å²) < 4.78 is 13.8. The minimum atomic E-state index is -0.271. The van der Waals surface area contributed by atoms with Crippen LogP contribution in [0.3, 0.4) is 0 Å². The summed E-state index contributed by atoms with van der Waals surface area (Å²) in [6.45, 7) is 0. The predicted molar refractivity (Wildman–Crippen MR) is 119 cm³/mol. The molecule has 0 bridgehead atoms. The van der Waals surface area contributed by atoms with Gasteiger partial charge in [0, 0.05) is 16.6 Å². The van der Waals surface area contributed by atoms with Gasteiger partial charge in [-0.15, -0.1) is 11.3 Å². The van der Waals surface area contributed by atoms with Crippen LogP contribution in [0.4, 0.5) is 10.1 Å². The summed E-state index contributed by atoms with van der Waals surface area (Å²) in [6.07, 6.45) is 0. The van der Waals surface area contributed by atoms with Crippen LogP contribution in [0.2, 0.25) is 0 Å². The lowest BCUT2D eigenvalue weighted by atomic mass is 10.1. The van der Waals surface area contributed by atoms with E-state index in [0.717, 1.165) is 32.4 Å². The van der Waals surface area contributed by atoms with Crippen LogP contribution in [0, 0.1) is 5.82 Å². The number of halogens is 1. The Morgan fingerprint density at radius 1 is 0.897 bits per heavy atom. The molecular weight excluding hydrogens is 403 g/mol. The first kappa shape index (κ1) is 19.4. The smallest absolute Gasteiger partial charge is 0.234 e. The second-order valence-electron chi connectivity index (χ2n) is 6.29. The third-order valence-electron chi connectivity index (χ3n) is 4.23. The lowest BCUT2D eigenvalue weighted by molar-refractivity contribution is -0.113. The van der Waals surface area contributed by atoms with E-state index in [9.17, 15) is 9.18 Å². The molecule has 1 aromatic heterocycles. The Balaban J connectivity index is 1.32. The average molecular weight is 421 g/mol. The topological polar surface area (TPSA) is 42.0 Å². The number of nitrogens with zero attached hydrogens (tertiary/aromatic N) is 1. The van der Waals surface area contributed by atoms with Crippen LogP contribution in [-0.4, -0.2) is 16.6 Å². The highest BCUT2D eigenvalue weighted by Gasteiger charge is 2.09. The van der Waals surface area contributed by atoms with Crippen molar-refractivity contribution in [3.63, 3.8) is 0 Å². The highest BCUT2D eigenvalue weighted by Crippen LogP contribution is 2.28. The maximum Gasteiger partial charge on any atom is 0.234 e. The molecule has 3 nitrogen and oxygen atoms in total. The van der Waals surface area contributed by atoms with Crippen LogP contribution < -0.4 is 5.32 Å². The maximum atomic E-state index is 13.0. The van der Waals surface area contributed by atoms with Crippen molar-refractivity contribution in [1.29, 1.82) is 0 Å². The molecule has 4 rings (SSSR count). The Morgan fingerprint density at radius 2 is 1.55 bits per heavy atom. The highest BCUT2D eigenvalue weighted by atomic mass is 32.2. The Kier molecular flexibility index (Phi) is 6.03. The molecule has 0 unspecified atom stereocenters. The number of amides is 1. The van der Waals surface area contributed by atoms with Gasteiger partial charge in [-0.2, -0.15) is 0 Å². The molecule has 0 aliphatic carbocycles. The molecule has 1 heterocycles. The molecule has 0 fully saturated rings. The molecule has 0 radical (unpaired) electrons. The first-order chi connectivity index (χ1) is 14.2. The van der Waals surface area contributed by atoms with Crippen molar-refractivity contribution in [3.8, 4) is 22.4 Å². The summed E-state index contributed by atoms with van der Waals surface area (Å²) in [4.78, 5) is 16.8. The number of hydrogen-bond donors (Lipinski definition) is 1. The zero-order valence-corrected chi connectivity index (χ0v) is 17.0. The number of thioether (sulfide) groups is 1. The van der Waals surface area contributed by atoms with Crippen molar-refractivity contribution in [2.45, 2.75) is 4.34 Å². The van der Waals surface area contributed by atoms with E-state index in [4.69, 9.17) is 0 Å². The number of thiazole rings is 1. The summed E-state index contributed by atoms with van der Waals surface area (Å²) in [7, 11) is 0. The Labute approximate surface area is 176 Å². The Hall–Kier alpha value is -2.96. The van der Waals surface area contributed by atoms with Gasteiger partial charge in [-0.25, -0.2) is 9.37 Å². The molecule has 3 aromatic carbocycles. The summed E-state index contributed by atoms with van der Waals surface area (Å²) >= 11 is 2.86. The van der Waals surface area contributed by atoms with E-state index < -0.39 is 0 Å². The van der Waals surface area contributed by atoms with Gasteiger partial charge in [0.15, 0.2) is 4.34 Å². The molecule has 0 spiro atoms. The van der Waals surface area contributed by atoms with Crippen molar-refractivity contribution >= 4 is 34.7 Å². The molecule has 0 saturated carbocycles. The molecule has 144 valence electrons. The van der Waals surface area contributed by atoms with Gasteiger partial charge < -0.3 is 5.32 Å². The van der Waals surface area contributed by atoms with Crippen LogP contribution in [0.5, 0.6) is 0 Å². The van der Waals surface area contributed by atoms with Crippen LogP contribution in [-0.2, 0) is 4.79 Å². The summed E-state index contributed by atoms with van der Waals surface area (Å²) in [5, 5.41) is 4.82. The van der Waals surface area contributed by atoms with Gasteiger partial charge in [-0.3, -0.25) is 4.79 Å². The number of benzene rings is 3. The standard InChI is InChI=1S/C23H17FN2OS2/c24-19-10-6-18(7-11-19)21-14-28-23(26-21)29-15-22(27)25-20-12-8-17(9-13-20)16-4-2-1-3-5-16/h1-14H,15H2,(H,25,27). The van der Waals surface area contributed by atoms with Crippen molar-refractivity contribution in [2.24, 2.45) is 0 Å². The van der Waals surface area contributed by atoms with E-state index >= 15 is 0 Å². The SMILES string of the molecule is O=C(CSc1nc(-c2ccc(F)cc2)cs1)Nc1ccc(-c2ccccc2)cc1. The fraction of sp³-hybridized carbons (Fsp3) is 0.0435. The van der Waals surface area contributed by atoms with Crippen molar-refractivity contribution < 1.29 is 9.18 Å². The molecule has 0 saturated heterocycles. The molecule has 0 aliphatic heterocycles. The quantitative estimate of drug-likeness (QED) is 0.370. The first-order valence-corrected chi connectivity index (χ1v) is 10.8. The molecular formula is C23H17FN2OS2. The van der Waals surface area contributed by atoms with E-state index in [1.807, 2.05) is 47.8 Å². The van der Waals surface area contributed by atoms with Gasteiger partial charge >= 0.3 is 0 Å². The molecule has 29 heavy (non-hydrogen) atoms. The van der Waals surface area contributed by atoms with E-state index in [2.05, 4.69) is 22.4 Å². The fourth-order valence-corrected chi connectivity index (χ4v) is 4.41. The zero-order valence-electron chi connectivity index (χ0n) is 15.3. The van der Waals surface area contributed by atoms with E-state index in [1.54, 1.807) is 12.1 Å². The van der Waals surface area contributed by atoms with Crippen LogP contribution in [0.25, 0.3) is 22.4 Å². The number of aromatic nitrogens is 1.